The van der Waals surface area contributed by atoms with Crippen LogP contribution in [0.4, 0.5) is 4.79 Å². The molecule has 0 radical (unpaired) electrons. The summed E-state index contributed by atoms with van der Waals surface area (Å²) in [7, 11) is 0. The number of rotatable bonds is 3. The molecule has 4 nitrogen and oxygen atoms in total. The van der Waals surface area contributed by atoms with Crippen LogP contribution in [0.2, 0.25) is 0 Å². The number of hydrogen-bond donors (Lipinski definition) is 2. The van der Waals surface area contributed by atoms with E-state index in [4.69, 9.17) is 10.5 Å². The molecule has 1 fully saturated rings. The number of carbonyl (C=O) groups excluding carboxylic acids is 1. The zero-order valence-electron chi connectivity index (χ0n) is 9.66. The molecule has 3 N–H and O–H groups in total. The summed E-state index contributed by atoms with van der Waals surface area (Å²) in [5, 5.41) is 2.77. The first-order valence-electron chi connectivity index (χ1n) is 5.79. The van der Waals surface area contributed by atoms with E-state index in [2.05, 4.69) is 5.32 Å². The number of hydrogen-bond acceptors (Lipinski definition) is 3. The average molecular weight is 214 g/mol. The molecular weight excluding hydrogens is 192 g/mol. The highest BCUT2D eigenvalue weighted by Gasteiger charge is 2.22. The van der Waals surface area contributed by atoms with Crippen molar-refractivity contribution >= 4 is 6.09 Å². The van der Waals surface area contributed by atoms with Crippen LogP contribution in [-0.2, 0) is 4.74 Å². The van der Waals surface area contributed by atoms with E-state index in [9.17, 15) is 4.79 Å². The van der Waals surface area contributed by atoms with Crippen molar-refractivity contribution in [3.63, 3.8) is 0 Å². The molecule has 0 aliphatic heterocycles. The van der Waals surface area contributed by atoms with Crippen LogP contribution in [0.25, 0.3) is 0 Å². The number of nitrogens with one attached hydrogen (secondary N) is 1. The highest BCUT2D eigenvalue weighted by Crippen LogP contribution is 2.22. The first kappa shape index (κ1) is 12.3. The number of carbonyl (C=O) groups is 1. The second-order valence-corrected chi connectivity index (χ2v) is 4.54. The second kappa shape index (κ2) is 5.95. The van der Waals surface area contributed by atoms with Gasteiger partial charge in [-0.3, -0.25) is 0 Å². The molecule has 88 valence electrons. The first-order valence-corrected chi connectivity index (χ1v) is 5.79. The van der Waals surface area contributed by atoms with E-state index in [0.29, 0.717) is 12.5 Å². The summed E-state index contributed by atoms with van der Waals surface area (Å²) >= 11 is 0. The lowest BCUT2D eigenvalue weighted by Gasteiger charge is -2.28. The van der Waals surface area contributed by atoms with Crippen molar-refractivity contribution in [1.29, 1.82) is 0 Å². The molecule has 0 aromatic rings. The number of alkyl carbamates (subject to hydrolysis) is 1. The van der Waals surface area contributed by atoms with Gasteiger partial charge in [-0.05, 0) is 32.6 Å². The van der Waals surface area contributed by atoms with Crippen LogP contribution in [0.3, 0.4) is 0 Å². The number of amides is 1. The normalized spacial score (nSPS) is 26.4. The van der Waals surface area contributed by atoms with Crippen molar-refractivity contribution in [1.82, 2.24) is 5.32 Å². The molecule has 2 unspecified atom stereocenters. The second-order valence-electron chi connectivity index (χ2n) is 4.54. The lowest BCUT2D eigenvalue weighted by atomic mass is 9.85. The minimum Gasteiger partial charge on any atom is -0.447 e. The predicted molar refractivity (Wildman–Crippen MR) is 59.6 cm³/mol. The topological polar surface area (TPSA) is 64.3 Å². The number of nitrogens with two attached hydrogens (primary N) is 1. The van der Waals surface area contributed by atoms with Gasteiger partial charge in [0, 0.05) is 12.6 Å². The highest BCUT2D eigenvalue weighted by atomic mass is 16.6. The molecule has 0 bridgehead atoms. The molecule has 1 aliphatic rings. The molecule has 0 saturated heterocycles. The predicted octanol–water partition coefficient (Wildman–Crippen LogP) is 1.64. The molecule has 4 heteroatoms. The standard InChI is InChI=1S/C11H22N2O2/c1-8(2)15-11(14)13-7-9-5-3-4-6-10(9)12/h8-10H,3-7,12H2,1-2H3,(H,13,14). The minimum atomic E-state index is -0.331. The third-order valence-electron chi connectivity index (χ3n) is 2.82. The summed E-state index contributed by atoms with van der Waals surface area (Å²) in [6.07, 6.45) is 4.23. The van der Waals surface area contributed by atoms with Crippen LogP contribution in [-0.4, -0.2) is 24.8 Å². The Morgan fingerprint density at radius 2 is 2.13 bits per heavy atom. The molecule has 1 amide bonds. The lowest BCUT2D eigenvalue weighted by Crippen LogP contribution is -2.41. The van der Waals surface area contributed by atoms with Crippen LogP contribution in [0, 0.1) is 5.92 Å². The van der Waals surface area contributed by atoms with Gasteiger partial charge in [0.1, 0.15) is 0 Å². The third kappa shape index (κ3) is 4.51. The summed E-state index contributed by atoms with van der Waals surface area (Å²) in [5.41, 5.74) is 5.97. The fourth-order valence-electron chi connectivity index (χ4n) is 1.96. The van der Waals surface area contributed by atoms with Gasteiger partial charge in [0.25, 0.3) is 0 Å². The van der Waals surface area contributed by atoms with Gasteiger partial charge in [0.2, 0.25) is 0 Å². The largest absolute Gasteiger partial charge is 0.447 e. The van der Waals surface area contributed by atoms with E-state index in [0.717, 1.165) is 12.8 Å². The average Bonchev–Trinajstić information content (AvgIpc) is 2.15. The molecule has 0 aromatic heterocycles. The zero-order chi connectivity index (χ0) is 11.3. The van der Waals surface area contributed by atoms with Gasteiger partial charge in [-0.15, -0.1) is 0 Å². The van der Waals surface area contributed by atoms with Gasteiger partial charge < -0.3 is 15.8 Å². The van der Waals surface area contributed by atoms with E-state index >= 15 is 0 Å². The SMILES string of the molecule is CC(C)OC(=O)NCC1CCCCC1N. The van der Waals surface area contributed by atoms with Crippen LogP contribution in [0.1, 0.15) is 39.5 Å². The molecule has 0 heterocycles. The Hall–Kier alpha value is -0.770. The smallest absolute Gasteiger partial charge is 0.407 e. The van der Waals surface area contributed by atoms with Crippen molar-refractivity contribution in [3.8, 4) is 0 Å². The van der Waals surface area contributed by atoms with E-state index in [1.165, 1.54) is 12.8 Å². The maximum atomic E-state index is 11.2. The zero-order valence-corrected chi connectivity index (χ0v) is 9.66. The maximum absolute atomic E-state index is 11.2. The highest BCUT2D eigenvalue weighted by molar-refractivity contribution is 5.67. The van der Waals surface area contributed by atoms with E-state index < -0.39 is 0 Å². The van der Waals surface area contributed by atoms with Crippen LogP contribution < -0.4 is 11.1 Å². The van der Waals surface area contributed by atoms with E-state index in [1.54, 1.807) is 0 Å². The van der Waals surface area contributed by atoms with Crippen molar-refractivity contribution in [2.45, 2.75) is 51.7 Å². The molecule has 1 aliphatic carbocycles. The van der Waals surface area contributed by atoms with Gasteiger partial charge in [-0.1, -0.05) is 12.8 Å². The molecule has 0 aromatic carbocycles. The summed E-state index contributed by atoms with van der Waals surface area (Å²) < 4.78 is 4.99. The van der Waals surface area contributed by atoms with Crippen LogP contribution in [0.15, 0.2) is 0 Å². The van der Waals surface area contributed by atoms with Gasteiger partial charge in [-0.2, -0.15) is 0 Å². The summed E-state index contributed by atoms with van der Waals surface area (Å²) in [5.74, 6) is 0.415. The minimum absolute atomic E-state index is 0.0648. The van der Waals surface area contributed by atoms with Crippen molar-refractivity contribution in [2.24, 2.45) is 11.7 Å². The summed E-state index contributed by atoms with van der Waals surface area (Å²) in [4.78, 5) is 11.2. The van der Waals surface area contributed by atoms with E-state index in [-0.39, 0.29) is 18.2 Å². The Balaban J connectivity index is 2.20. The monoisotopic (exact) mass is 214 g/mol. The third-order valence-corrected chi connectivity index (χ3v) is 2.82. The molecule has 1 rings (SSSR count). The van der Waals surface area contributed by atoms with Crippen molar-refractivity contribution < 1.29 is 9.53 Å². The van der Waals surface area contributed by atoms with Gasteiger partial charge in [-0.25, -0.2) is 4.79 Å². The summed E-state index contributed by atoms with van der Waals surface area (Å²) in [6.45, 7) is 4.32. The molecule has 1 saturated carbocycles. The fourth-order valence-corrected chi connectivity index (χ4v) is 1.96. The van der Waals surface area contributed by atoms with Crippen molar-refractivity contribution in [3.05, 3.63) is 0 Å². The molecular formula is C11H22N2O2. The molecule has 15 heavy (non-hydrogen) atoms. The molecule has 0 spiro atoms. The quantitative estimate of drug-likeness (QED) is 0.750. The summed E-state index contributed by atoms with van der Waals surface area (Å²) in [6, 6.07) is 0.234. The van der Waals surface area contributed by atoms with Crippen molar-refractivity contribution in [2.75, 3.05) is 6.54 Å². The van der Waals surface area contributed by atoms with Gasteiger partial charge in [0.15, 0.2) is 0 Å². The Morgan fingerprint density at radius 1 is 1.47 bits per heavy atom. The number of ether oxygens (including phenoxy) is 1. The van der Waals surface area contributed by atoms with E-state index in [1.807, 2.05) is 13.8 Å². The molecule has 2 atom stereocenters. The van der Waals surface area contributed by atoms with Gasteiger partial charge >= 0.3 is 6.09 Å². The fraction of sp³-hybridized carbons (Fsp3) is 0.909. The first-order chi connectivity index (χ1) is 7.09. The van der Waals surface area contributed by atoms with Crippen LogP contribution >= 0.6 is 0 Å². The lowest BCUT2D eigenvalue weighted by molar-refractivity contribution is 0.113. The van der Waals surface area contributed by atoms with Crippen LogP contribution in [0.5, 0.6) is 0 Å². The maximum Gasteiger partial charge on any atom is 0.407 e. The Morgan fingerprint density at radius 3 is 2.73 bits per heavy atom. The Bertz CT molecular complexity index is 207. The van der Waals surface area contributed by atoms with Gasteiger partial charge in [0.05, 0.1) is 6.10 Å². The Kier molecular flexibility index (Phi) is 4.88. The Labute approximate surface area is 91.5 Å².